The number of carbonyl (C=O) groups excluding carboxylic acids is 1. The van der Waals surface area contributed by atoms with Crippen LogP contribution < -0.4 is 5.32 Å². The first-order valence-electron chi connectivity index (χ1n) is 9.92. The van der Waals surface area contributed by atoms with E-state index in [9.17, 15) is 28.2 Å². The van der Waals surface area contributed by atoms with Gasteiger partial charge in [-0.1, -0.05) is 6.08 Å². The van der Waals surface area contributed by atoms with E-state index in [4.69, 9.17) is 14.7 Å². The summed E-state index contributed by atoms with van der Waals surface area (Å²) in [6, 6.07) is 4.32. The van der Waals surface area contributed by atoms with Crippen LogP contribution in [0.2, 0.25) is 0 Å². The van der Waals surface area contributed by atoms with Crippen LogP contribution in [0.25, 0.3) is 5.69 Å². The number of aromatic nitrogens is 1. The molecule has 1 aromatic carbocycles. The third-order valence-corrected chi connectivity index (χ3v) is 6.10. The Labute approximate surface area is 186 Å². The van der Waals surface area contributed by atoms with E-state index < -0.39 is 52.5 Å². The van der Waals surface area contributed by atoms with Gasteiger partial charge >= 0.3 is 12.3 Å². The van der Waals surface area contributed by atoms with Gasteiger partial charge in [-0.3, -0.25) is 4.57 Å². The van der Waals surface area contributed by atoms with Crippen LogP contribution >= 0.6 is 0 Å². The third kappa shape index (κ3) is 3.21. The summed E-state index contributed by atoms with van der Waals surface area (Å²) in [6.45, 7) is 6.87. The number of nitriles is 1. The molecule has 3 heterocycles. The number of rotatable bonds is 4. The Morgan fingerprint density at radius 3 is 2.67 bits per heavy atom. The highest BCUT2D eigenvalue weighted by Crippen LogP contribution is 2.65. The van der Waals surface area contributed by atoms with Gasteiger partial charge < -0.3 is 25.0 Å². The van der Waals surface area contributed by atoms with Gasteiger partial charge in [0.2, 0.25) is 11.8 Å². The van der Waals surface area contributed by atoms with Crippen molar-refractivity contribution in [3.8, 4) is 23.5 Å². The van der Waals surface area contributed by atoms with Crippen molar-refractivity contribution in [1.82, 2.24) is 9.88 Å². The molecule has 2 aliphatic rings. The Balaban J connectivity index is 1.82. The van der Waals surface area contributed by atoms with Crippen LogP contribution in [-0.4, -0.2) is 33.5 Å². The van der Waals surface area contributed by atoms with Gasteiger partial charge in [0.05, 0.1) is 34.0 Å². The normalized spacial score (nSPS) is 25.4. The molecule has 1 fully saturated rings. The van der Waals surface area contributed by atoms with Crippen LogP contribution in [0.3, 0.4) is 0 Å². The lowest BCUT2D eigenvalue weighted by Crippen LogP contribution is -2.40. The second kappa shape index (κ2) is 7.18. The van der Waals surface area contributed by atoms with Crippen LogP contribution in [0.5, 0.6) is 11.8 Å². The van der Waals surface area contributed by atoms with Gasteiger partial charge in [0.1, 0.15) is 17.3 Å². The summed E-state index contributed by atoms with van der Waals surface area (Å²) in [4.78, 5) is 12.1. The Kier molecular flexibility index (Phi) is 4.90. The number of hydrogen-bond donors (Lipinski definition) is 3. The number of benzene rings is 1. The molecule has 0 saturated carbocycles. The Hall–Kier alpha value is -3.65. The maximum atomic E-state index is 13.4. The summed E-state index contributed by atoms with van der Waals surface area (Å²) in [7, 11) is 0. The van der Waals surface area contributed by atoms with Gasteiger partial charge in [0, 0.05) is 13.0 Å². The molecular weight excluding hydrogens is 443 g/mol. The van der Waals surface area contributed by atoms with Crippen LogP contribution in [0.15, 0.2) is 30.9 Å². The highest BCUT2D eigenvalue weighted by atomic mass is 19.4. The van der Waals surface area contributed by atoms with Crippen LogP contribution in [0.1, 0.15) is 42.5 Å². The van der Waals surface area contributed by atoms with Crippen molar-refractivity contribution in [3.63, 3.8) is 0 Å². The van der Waals surface area contributed by atoms with Gasteiger partial charge in [0.15, 0.2) is 0 Å². The third-order valence-electron chi connectivity index (χ3n) is 6.10. The largest absolute Gasteiger partial charge is 0.494 e. The van der Waals surface area contributed by atoms with E-state index in [-0.39, 0.29) is 29.8 Å². The molecule has 1 saturated heterocycles. The molecule has 4 rings (SSSR count). The van der Waals surface area contributed by atoms with E-state index in [0.717, 1.165) is 10.6 Å². The Bertz CT molecular complexity index is 1220. The molecular formula is C22H20F3N3O5. The summed E-state index contributed by atoms with van der Waals surface area (Å²) in [5.74, 6) is -1.05. The monoisotopic (exact) mass is 463 g/mol. The smallest absolute Gasteiger partial charge is 0.417 e. The summed E-state index contributed by atoms with van der Waals surface area (Å²) < 4.78 is 52.7. The van der Waals surface area contributed by atoms with E-state index in [1.165, 1.54) is 18.2 Å². The van der Waals surface area contributed by atoms with Crippen LogP contribution in [-0.2, 0) is 26.9 Å². The standard InChI is InChI=1S/C22H20F3N3O5/c1-4-7-27-19(31)32-14-9-20(2)15-16(21(14,3)33-20)18(30)28(17(15)29)12-6-5-11(10-26)13(8-12)22(23,24)25/h4-6,8,14,29-30H,1,7,9H2,2-3H3,(H,27,31)/t14-,20-,21+/m1/s1. The predicted molar refractivity (Wildman–Crippen MR) is 108 cm³/mol. The molecule has 3 atom stereocenters. The minimum absolute atomic E-state index is 0.119. The molecule has 8 nitrogen and oxygen atoms in total. The van der Waals surface area contributed by atoms with Crippen LogP contribution in [0.4, 0.5) is 18.0 Å². The second-order valence-electron chi connectivity index (χ2n) is 8.28. The molecule has 0 spiro atoms. The molecule has 11 heteroatoms. The number of nitrogens with zero attached hydrogens (tertiary/aromatic N) is 2. The first-order chi connectivity index (χ1) is 15.4. The van der Waals surface area contributed by atoms with E-state index >= 15 is 0 Å². The van der Waals surface area contributed by atoms with Gasteiger partial charge in [-0.05, 0) is 32.0 Å². The molecule has 2 aliphatic heterocycles. The van der Waals surface area contributed by atoms with Crippen molar-refractivity contribution in [1.29, 1.82) is 5.26 Å². The zero-order valence-corrected chi connectivity index (χ0v) is 17.7. The van der Waals surface area contributed by atoms with E-state index in [2.05, 4.69) is 11.9 Å². The summed E-state index contributed by atoms with van der Waals surface area (Å²) >= 11 is 0. The fraction of sp³-hybridized carbons (Fsp3) is 0.364. The molecule has 1 amide bonds. The van der Waals surface area contributed by atoms with Gasteiger partial charge in [-0.15, -0.1) is 6.58 Å². The van der Waals surface area contributed by atoms with Gasteiger partial charge in [-0.25, -0.2) is 4.79 Å². The van der Waals surface area contributed by atoms with Crippen molar-refractivity contribution in [2.45, 2.75) is 43.8 Å². The SMILES string of the molecule is C=CCNC(=O)O[C@@H]1C[C@@]2(C)O[C@]1(C)c1c2c(O)n(-c2ccc(C#N)c(C(F)(F)F)c2)c1O. The first kappa shape index (κ1) is 22.5. The Morgan fingerprint density at radius 1 is 1.39 bits per heavy atom. The molecule has 0 aliphatic carbocycles. The molecule has 2 bridgehead atoms. The average Bonchev–Trinajstić information content (AvgIpc) is 3.26. The van der Waals surface area contributed by atoms with E-state index in [1.54, 1.807) is 13.8 Å². The number of ether oxygens (including phenoxy) is 2. The Morgan fingerprint density at radius 2 is 2.06 bits per heavy atom. The van der Waals surface area contributed by atoms with E-state index in [1.807, 2.05) is 0 Å². The first-order valence-corrected chi connectivity index (χ1v) is 9.92. The number of alkyl halides is 3. The number of nitrogens with one attached hydrogen (secondary N) is 1. The van der Waals surface area contributed by atoms with Crippen molar-refractivity contribution in [3.05, 3.63) is 53.1 Å². The number of alkyl carbamates (subject to hydrolysis) is 1. The fourth-order valence-electron chi connectivity index (χ4n) is 4.74. The molecule has 0 unspecified atom stereocenters. The summed E-state index contributed by atoms with van der Waals surface area (Å²) in [5.41, 5.74) is -4.20. The van der Waals surface area contributed by atoms with Crippen molar-refractivity contribution in [2.24, 2.45) is 0 Å². The second-order valence-corrected chi connectivity index (χ2v) is 8.28. The maximum Gasteiger partial charge on any atom is 0.417 e. The molecule has 0 radical (unpaired) electrons. The number of fused-ring (bicyclic) bond motifs is 5. The predicted octanol–water partition coefficient (Wildman–Crippen LogP) is 3.92. The summed E-state index contributed by atoms with van der Waals surface area (Å²) in [6.07, 6.45) is -4.77. The van der Waals surface area contributed by atoms with Gasteiger partial charge in [-0.2, -0.15) is 18.4 Å². The number of aromatic hydroxyl groups is 2. The highest BCUT2D eigenvalue weighted by Gasteiger charge is 2.66. The zero-order chi connectivity index (χ0) is 24.3. The van der Waals surface area contributed by atoms with Gasteiger partial charge in [0.25, 0.3) is 0 Å². The molecule has 1 aromatic heterocycles. The molecule has 174 valence electrons. The maximum absolute atomic E-state index is 13.4. The molecule has 33 heavy (non-hydrogen) atoms. The lowest BCUT2D eigenvalue weighted by molar-refractivity contribution is -0.137. The minimum Gasteiger partial charge on any atom is -0.494 e. The van der Waals surface area contributed by atoms with Crippen molar-refractivity contribution in [2.75, 3.05) is 6.54 Å². The quantitative estimate of drug-likeness (QED) is 0.592. The highest BCUT2D eigenvalue weighted by molar-refractivity contribution is 5.69. The summed E-state index contributed by atoms with van der Waals surface area (Å²) in [5, 5.41) is 33.4. The van der Waals surface area contributed by atoms with E-state index in [0.29, 0.717) is 6.07 Å². The van der Waals surface area contributed by atoms with Crippen LogP contribution in [0, 0.1) is 11.3 Å². The minimum atomic E-state index is -4.82. The zero-order valence-electron chi connectivity index (χ0n) is 17.7. The molecule has 3 N–H and O–H groups in total. The fourth-order valence-corrected chi connectivity index (χ4v) is 4.74. The van der Waals surface area contributed by atoms with Crippen molar-refractivity contribution < 1.29 is 37.7 Å². The number of halogens is 3. The number of hydrogen-bond acceptors (Lipinski definition) is 6. The number of amides is 1. The lowest BCUT2D eigenvalue weighted by atomic mass is 9.78. The molecule has 2 aromatic rings. The lowest BCUT2D eigenvalue weighted by Gasteiger charge is -2.29. The topological polar surface area (TPSA) is 117 Å². The average molecular weight is 463 g/mol. The number of carbonyl (C=O) groups is 1. The van der Waals surface area contributed by atoms with Crippen molar-refractivity contribution >= 4 is 6.09 Å².